The molecule has 2 aromatic carbocycles. The molecule has 3 heterocycles. The predicted octanol–water partition coefficient (Wildman–Crippen LogP) is 3.80. The fraction of sp³-hybridized carbons (Fsp3) is 0.516. The maximum Gasteiger partial charge on any atom is 0.321 e. The molecule has 3 aromatic rings. The van der Waals surface area contributed by atoms with Crippen molar-refractivity contribution in [2.75, 3.05) is 89.9 Å². The molecule has 11 nitrogen and oxygen atoms in total. The summed E-state index contributed by atoms with van der Waals surface area (Å²) in [5.41, 5.74) is 0.739. The van der Waals surface area contributed by atoms with Crippen molar-refractivity contribution in [3.05, 3.63) is 42.6 Å². The predicted molar refractivity (Wildman–Crippen MR) is 165 cm³/mol. The first-order chi connectivity index (χ1) is 20.4. The Morgan fingerprint density at radius 2 is 1.71 bits per heavy atom. The Labute approximate surface area is 248 Å². The summed E-state index contributed by atoms with van der Waals surface area (Å²) in [6, 6.07) is 11.3. The number of nitrogens with one attached hydrogen (secondary N) is 1. The number of urea groups is 1. The van der Waals surface area contributed by atoms with Crippen molar-refractivity contribution in [3.63, 3.8) is 0 Å². The van der Waals surface area contributed by atoms with Crippen molar-refractivity contribution in [1.29, 1.82) is 0 Å². The molecular formula is C31H43N7O4. The third-order valence-corrected chi connectivity index (χ3v) is 7.74. The molecule has 2 fully saturated rings. The summed E-state index contributed by atoms with van der Waals surface area (Å²) in [5.74, 6) is 2.96. The van der Waals surface area contributed by atoms with Gasteiger partial charge in [0.25, 0.3) is 0 Å². The number of ether oxygens (including phenoxy) is 3. The van der Waals surface area contributed by atoms with Crippen LogP contribution in [0.5, 0.6) is 17.2 Å². The minimum Gasteiger partial charge on any atom is -0.493 e. The Balaban J connectivity index is 1.17. The molecule has 226 valence electrons. The quantitative estimate of drug-likeness (QED) is 0.361. The number of likely N-dealkylation sites (N-methyl/N-ethyl adjacent to an activating group) is 1. The minimum absolute atomic E-state index is 0.104. The van der Waals surface area contributed by atoms with Crippen LogP contribution >= 0.6 is 0 Å². The number of carbonyl (C=O) groups is 1. The minimum atomic E-state index is -0.118. The smallest absolute Gasteiger partial charge is 0.321 e. The maximum absolute atomic E-state index is 12.9. The van der Waals surface area contributed by atoms with Crippen molar-refractivity contribution in [2.45, 2.75) is 26.4 Å². The third kappa shape index (κ3) is 7.51. The number of piperazine rings is 2. The van der Waals surface area contributed by atoms with Crippen molar-refractivity contribution < 1.29 is 19.0 Å². The van der Waals surface area contributed by atoms with E-state index >= 15 is 0 Å². The molecule has 11 heteroatoms. The van der Waals surface area contributed by atoms with E-state index < -0.39 is 0 Å². The van der Waals surface area contributed by atoms with Crippen molar-refractivity contribution in [1.82, 2.24) is 24.9 Å². The van der Waals surface area contributed by atoms with E-state index in [2.05, 4.69) is 37.3 Å². The Morgan fingerprint density at radius 3 is 2.40 bits per heavy atom. The number of benzene rings is 2. The van der Waals surface area contributed by atoms with E-state index in [1.807, 2.05) is 55.1 Å². The van der Waals surface area contributed by atoms with Gasteiger partial charge >= 0.3 is 6.03 Å². The molecule has 5 rings (SSSR count). The van der Waals surface area contributed by atoms with Crippen LogP contribution in [-0.4, -0.2) is 117 Å². The van der Waals surface area contributed by atoms with Gasteiger partial charge in [0, 0.05) is 75.4 Å². The zero-order valence-corrected chi connectivity index (χ0v) is 25.2. The highest BCUT2D eigenvalue weighted by Gasteiger charge is 2.24. The van der Waals surface area contributed by atoms with Crippen LogP contribution in [0.1, 0.15) is 20.3 Å². The molecule has 2 saturated heterocycles. The van der Waals surface area contributed by atoms with Crippen molar-refractivity contribution in [2.24, 2.45) is 0 Å². The van der Waals surface area contributed by atoms with Crippen molar-refractivity contribution >= 4 is 28.3 Å². The van der Waals surface area contributed by atoms with E-state index in [9.17, 15) is 4.79 Å². The first-order valence-corrected chi connectivity index (χ1v) is 14.8. The standard InChI is InChI=1S/C31H43N7O4/c1-23(2)42-26-8-6-25(7-9-26)33-31(39)38-17-15-37(16-18-38)30-27-21-28(40-4)29(20-24(27)22-32-34-30)41-19-5-10-36-13-11-35(3)12-14-36/h6-9,20-23H,5,10-19H2,1-4H3,(H,33,39). The van der Waals surface area contributed by atoms with Gasteiger partial charge in [-0.2, -0.15) is 5.10 Å². The Bertz CT molecular complexity index is 1320. The van der Waals surface area contributed by atoms with E-state index in [1.165, 1.54) is 0 Å². The van der Waals surface area contributed by atoms with Crippen LogP contribution in [-0.2, 0) is 0 Å². The molecule has 0 saturated carbocycles. The summed E-state index contributed by atoms with van der Waals surface area (Å²) in [6.45, 7) is 12.5. The fourth-order valence-electron chi connectivity index (χ4n) is 5.34. The zero-order valence-electron chi connectivity index (χ0n) is 25.2. The number of methoxy groups -OCH3 is 1. The number of nitrogens with zero attached hydrogens (tertiary/aromatic N) is 6. The number of amides is 2. The molecule has 2 aliphatic heterocycles. The van der Waals surface area contributed by atoms with Crippen LogP contribution in [0.4, 0.5) is 16.3 Å². The van der Waals surface area contributed by atoms with E-state index in [4.69, 9.17) is 14.2 Å². The van der Waals surface area contributed by atoms with Crippen LogP contribution < -0.4 is 24.4 Å². The number of rotatable bonds is 10. The highest BCUT2D eigenvalue weighted by molar-refractivity contribution is 5.94. The average molecular weight is 578 g/mol. The summed E-state index contributed by atoms with van der Waals surface area (Å²) < 4.78 is 17.6. The number of carbonyl (C=O) groups excluding carboxylic acids is 1. The summed E-state index contributed by atoms with van der Waals surface area (Å²) in [7, 11) is 3.84. The lowest BCUT2D eigenvalue weighted by Gasteiger charge is -2.35. The van der Waals surface area contributed by atoms with Gasteiger partial charge in [0.1, 0.15) is 5.75 Å². The lowest BCUT2D eigenvalue weighted by Crippen LogP contribution is -2.50. The average Bonchev–Trinajstić information content (AvgIpc) is 3.00. The van der Waals surface area contributed by atoms with Crippen LogP contribution in [0.2, 0.25) is 0 Å². The molecule has 42 heavy (non-hydrogen) atoms. The van der Waals surface area contributed by atoms with Crippen LogP contribution in [0.25, 0.3) is 10.8 Å². The SMILES string of the molecule is COc1cc2c(N3CCN(C(=O)Nc4ccc(OC(C)C)cc4)CC3)nncc2cc1OCCCN1CCN(C)CC1. The van der Waals surface area contributed by atoms with Crippen LogP contribution in [0, 0.1) is 0 Å². The second-order valence-corrected chi connectivity index (χ2v) is 11.2. The highest BCUT2D eigenvalue weighted by atomic mass is 16.5. The van der Waals surface area contributed by atoms with Crippen LogP contribution in [0.15, 0.2) is 42.6 Å². The highest BCUT2D eigenvalue weighted by Crippen LogP contribution is 2.36. The topological polar surface area (TPSA) is 95.5 Å². The second kappa shape index (κ2) is 13.9. The monoisotopic (exact) mass is 577 g/mol. The summed E-state index contributed by atoms with van der Waals surface area (Å²) in [4.78, 5) is 21.8. The van der Waals surface area contributed by atoms with E-state index in [0.717, 1.165) is 67.2 Å². The molecule has 0 unspecified atom stereocenters. The van der Waals surface area contributed by atoms with Gasteiger partial charge in [-0.3, -0.25) is 0 Å². The maximum atomic E-state index is 12.9. The van der Waals surface area contributed by atoms with Crippen LogP contribution in [0.3, 0.4) is 0 Å². The van der Waals surface area contributed by atoms with Gasteiger partial charge < -0.3 is 39.1 Å². The second-order valence-electron chi connectivity index (χ2n) is 11.2. The van der Waals surface area contributed by atoms with E-state index in [-0.39, 0.29) is 12.1 Å². The molecule has 1 aromatic heterocycles. The van der Waals surface area contributed by atoms with Gasteiger partial charge in [-0.05, 0) is 63.7 Å². The summed E-state index contributed by atoms with van der Waals surface area (Å²) in [6.07, 6.45) is 2.82. The lowest BCUT2D eigenvalue weighted by molar-refractivity contribution is 0.145. The number of aromatic nitrogens is 2. The van der Waals surface area contributed by atoms with E-state index in [0.29, 0.717) is 44.3 Å². The molecule has 2 amide bonds. The zero-order chi connectivity index (χ0) is 29.5. The molecular weight excluding hydrogens is 534 g/mol. The summed E-state index contributed by atoms with van der Waals surface area (Å²) >= 11 is 0. The molecule has 1 N–H and O–H groups in total. The molecule has 0 atom stereocenters. The van der Waals surface area contributed by atoms with Gasteiger partial charge in [0.15, 0.2) is 17.3 Å². The van der Waals surface area contributed by atoms with Gasteiger partial charge in [-0.1, -0.05) is 0 Å². The molecule has 2 aliphatic rings. The van der Waals surface area contributed by atoms with Crippen molar-refractivity contribution in [3.8, 4) is 17.2 Å². The number of hydrogen-bond acceptors (Lipinski definition) is 9. The largest absolute Gasteiger partial charge is 0.493 e. The lowest BCUT2D eigenvalue weighted by atomic mass is 10.1. The molecule has 0 bridgehead atoms. The van der Waals surface area contributed by atoms with Gasteiger partial charge in [0.2, 0.25) is 0 Å². The normalized spacial score (nSPS) is 16.6. The molecule has 0 aliphatic carbocycles. The third-order valence-electron chi connectivity index (χ3n) is 7.74. The number of hydrogen-bond donors (Lipinski definition) is 1. The first kappa shape index (κ1) is 29.7. The Morgan fingerprint density at radius 1 is 0.976 bits per heavy atom. The first-order valence-electron chi connectivity index (χ1n) is 14.8. The van der Waals surface area contributed by atoms with E-state index in [1.54, 1.807) is 13.3 Å². The Hall–Kier alpha value is -3.83. The van der Waals surface area contributed by atoms with Gasteiger partial charge in [-0.15, -0.1) is 5.10 Å². The molecule has 0 radical (unpaired) electrons. The molecule has 0 spiro atoms. The number of fused-ring (bicyclic) bond motifs is 1. The van der Waals surface area contributed by atoms with Gasteiger partial charge in [0.05, 0.1) is 26.0 Å². The summed E-state index contributed by atoms with van der Waals surface area (Å²) in [5, 5.41) is 13.6. The Kier molecular flexibility index (Phi) is 9.81. The fourth-order valence-corrected chi connectivity index (χ4v) is 5.34. The number of anilines is 2. The van der Waals surface area contributed by atoms with Gasteiger partial charge in [-0.25, -0.2) is 4.79 Å².